The van der Waals surface area contributed by atoms with Crippen molar-refractivity contribution >= 4 is 27.5 Å². The van der Waals surface area contributed by atoms with E-state index in [4.69, 9.17) is 4.74 Å². The molecule has 0 radical (unpaired) electrons. The molecule has 20 heavy (non-hydrogen) atoms. The number of ether oxygens (including phenoxy) is 1. The van der Waals surface area contributed by atoms with E-state index in [9.17, 15) is 14.9 Å². The highest BCUT2D eigenvalue weighted by Crippen LogP contribution is 2.25. The molecule has 0 saturated carbocycles. The molecule has 0 bridgehead atoms. The molecule has 2 rings (SSSR count). The van der Waals surface area contributed by atoms with Crippen molar-refractivity contribution in [2.75, 3.05) is 6.61 Å². The Morgan fingerprint density at radius 1 is 1.60 bits per heavy atom. The third kappa shape index (κ3) is 3.34. The molecule has 1 aliphatic heterocycles. The fourth-order valence-electron chi connectivity index (χ4n) is 2.17. The van der Waals surface area contributed by atoms with Crippen molar-refractivity contribution in [3.63, 3.8) is 0 Å². The summed E-state index contributed by atoms with van der Waals surface area (Å²) in [5.41, 5.74) is 0.146. The minimum Gasteiger partial charge on any atom is -0.376 e. The lowest BCUT2D eigenvalue weighted by atomic mass is 10.1. The van der Waals surface area contributed by atoms with E-state index in [-0.39, 0.29) is 29.3 Å². The zero-order valence-electron chi connectivity index (χ0n) is 11.0. The molecule has 7 heteroatoms. The molecule has 0 spiro atoms. The summed E-state index contributed by atoms with van der Waals surface area (Å²) in [4.78, 5) is 22.4. The number of hydrogen-bond acceptors (Lipinski definition) is 4. The molecule has 0 aliphatic carbocycles. The predicted molar refractivity (Wildman–Crippen MR) is 76.7 cm³/mol. The number of nitrogens with zero attached hydrogens (tertiary/aromatic N) is 1. The second-order valence-corrected chi connectivity index (χ2v) is 5.59. The SMILES string of the molecule is C[C@@H](NC(=O)c1ccc(Br)c([N+](=O)[O-])c1)[C@H]1CCCO1. The Kier molecular flexibility index (Phi) is 4.72. The lowest BCUT2D eigenvalue weighted by Gasteiger charge is -2.19. The Hall–Kier alpha value is -1.47. The van der Waals surface area contributed by atoms with E-state index in [1.54, 1.807) is 6.07 Å². The quantitative estimate of drug-likeness (QED) is 0.673. The zero-order valence-corrected chi connectivity index (χ0v) is 12.6. The topological polar surface area (TPSA) is 81.5 Å². The van der Waals surface area contributed by atoms with Gasteiger partial charge in [-0.1, -0.05) is 0 Å². The van der Waals surface area contributed by atoms with Gasteiger partial charge in [0.1, 0.15) is 0 Å². The highest BCUT2D eigenvalue weighted by molar-refractivity contribution is 9.10. The van der Waals surface area contributed by atoms with Crippen LogP contribution in [0.25, 0.3) is 0 Å². The van der Waals surface area contributed by atoms with Crippen LogP contribution in [0.5, 0.6) is 0 Å². The van der Waals surface area contributed by atoms with Gasteiger partial charge in [-0.3, -0.25) is 14.9 Å². The smallest absolute Gasteiger partial charge is 0.284 e. The van der Waals surface area contributed by atoms with Crippen LogP contribution >= 0.6 is 15.9 Å². The third-order valence-corrected chi connectivity index (χ3v) is 3.96. The molecule has 2 atom stereocenters. The van der Waals surface area contributed by atoms with Crippen LogP contribution in [-0.2, 0) is 4.74 Å². The molecule has 108 valence electrons. The van der Waals surface area contributed by atoms with Crippen molar-refractivity contribution in [3.05, 3.63) is 38.3 Å². The molecular weight excluding hydrogens is 328 g/mol. The second-order valence-electron chi connectivity index (χ2n) is 4.74. The van der Waals surface area contributed by atoms with Gasteiger partial charge < -0.3 is 10.1 Å². The standard InChI is InChI=1S/C13H15BrN2O4/c1-8(12-3-2-6-20-12)15-13(17)9-4-5-10(14)11(7-9)16(18)19/h4-5,7-8,12H,2-3,6H2,1H3,(H,15,17)/t8-,12-/m1/s1. The number of amides is 1. The van der Waals surface area contributed by atoms with E-state index in [1.165, 1.54) is 12.1 Å². The normalized spacial score (nSPS) is 19.6. The van der Waals surface area contributed by atoms with Gasteiger partial charge in [-0.15, -0.1) is 0 Å². The van der Waals surface area contributed by atoms with Crippen LogP contribution in [0.4, 0.5) is 5.69 Å². The summed E-state index contributed by atoms with van der Waals surface area (Å²) in [6.45, 7) is 2.59. The number of carbonyl (C=O) groups is 1. The predicted octanol–water partition coefficient (Wildman–Crippen LogP) is 2.65. The molecule has 0 unspecified atom stereocenters. The first kappa shape index (κ1) is 14.9. The van der Waals surface area contributed by atoms with Crippen LogP contribution in [0.1, 0.15) is 30.1 Å². The van der Waals surface area contributed by atoms with Crippen LogP contribution in [0.15, 0.2) is 22.7 Å². The van der Waals surface area contributed by atoms with Crippen molar-refractivity contribution in [1.29, 1.82) is 0 Å². The summed E-state index contributed by atoms with van der Waals surface area (Å²) in [5, 5.41) is 13.7. The average Bonchev–Trinajstić information content (AvgIpc) is 2.92. The first-order chi connectivity index (χ1) is 9.49. The number of rotatable bonds is 4. The van der Waals surface area contributed by atoms with Crippen molar-refractivity contribution in [2.45, 2.75) is 31.9 Å². The minimum absolute atomic E-state index is 0.0179. The summed E-state index contributed by atoms with van der Waals surface area (Å²) >= 11 is 3.09. The lowest BCUT2D eigenvalue weighted by molar-refractivity contribution is -0.385. The number of halogens is 1. The Labute approximate surface area is 124 Å². The number of nitro benzene ring substituents is 1. The molecule has 1 heterocycles. The van der Waals surface area contributed by atoms with E-state index in [1.807, 2.05) is 6.92 Å². The van der Waals surface area contributed by atoms with Gasteiger partial charge in [0, 0.05) is 18.2 Å². The highest BCUT2D eigenvalue weighted by atomic mass is 79.9. The second kappa shape index (κ2) is 6.32. The Morgan fingerprint density at radius 2 is 2.35 bits per heavy atom. The number of nitrogens with one attached hydrogen (secondary N) is 1. The molecule has 1 N–H and O–H groups in total. The van der Waals surface area contributed by atoms with Crippen LogP contribution < -0.4 is 5.32 Å². The van der Waals surface area contributed by atoms with Crippen molar-refractivity contribution in [2.24, 2.45) is 0 Å². The largest absolute Gasteiger partial charge is 0.376 e. The van der Waals surface area contributed by atoms with Crippen molar-refractivity contribution in [3.8, 4) is 0 Å². The van der Waals surface area contributed by atoms with Gasteiger partial charge >= 0.3 is 0 Å². The Balaban J connectivity index is 2.08. The van der Waals surface area contributed by atoms with Gasteiger partial charge in [0.05, 0.1) is 21.5 Å². The summed E-state index contributed by atoms with van der Waals surface area (Å²) < 4.78 is 5.86. The first-order valence-electron chi connectivity index (χ1n) is 6.35. The van der Waals surface area contributed by atoms with Gasteiger partial charge in [0.25, 0.3) is 11.6 Å². The Morgan fingerprint density at radius 3 is 2.95 bits per heavy atom. The van der Waals surface area contributed by atoms with E-state index in [0.29, 0.717) is 11.1 Å². The minimum atomic E-state index is -0.523. The zero-order chi connectivity index (χ0) is 14.7. The van der Waals surface area contributed by atoms with Crippen molar-refractivity contribution < 1.29 is 14.5 Å². The van der Waals surface area contributed by atoms with E-state index < -0.39 is 4.92 Å². The van der Waals surface area contributed by atoms with Gasteiger partial charge in [0.2, 0.25) is 0 Å². The van der Waals surface area contributed by atoms with Crippen LogP contribution in [0, 0.1) is 10.1 Å². The number of benzene rings is 1. The Bertz CT molecular complexity index is 529. The number of hydrogen-bond donors (Lipinski definition) is 1. The summed E-state index contributed by atoms with van der Waals surface area (Å²) in [6.07, 6.45) is 1.93. The average molecular weight is 343 g/mol. The van der Waals surface area contributed by atoms with Crippen molar-refractivity contribution in [1.82, 2.24) is 5.32 Å². The van der Waals surface area contributed by atoms with E-state index in [0.717, 1.165) is 12.8 Å². The van der Waals surface area contributed by atoms with E-state index >= 15 is 0 Å². The molecular formula is C13H15BrN2O4. The maximum atomic E-state index is 12.1. The molecule has 0 aromatic heterocycles. The monoisotopic (exact) mass is 342 g/mol. The van der Waals surface area contributed by atoms with Crippen LogP contribution in [-0.4, -0.2) is 29.6 Å². The maximum Gasteiger partial charge on any atom is 0.284 e. The highest BCUT2D eigenvalue weighted by Gasteiger charge is 2.24. The van der Waals surface area contributed by atoms with Gasteiger partial charge in [-0.25, -0.2) is 0 Å². The molecule has 1 saturated heterocycles. The fourth-order valence-corrected chi connectivity index (χ4v) is 2.57. The first-order valence-corrected chi connectivity index (χ1v) is 7.14. The summed E-state index contributed by atoms with van der Waals surface area (Å²) in [6, 6.07) is 4.20. The molecule has 1 aliphatic rings. The summed E-state index contributed by atoms with van der Waals surface area (Å²) in [7, 11) is 0. The van der Waals surface area contributed by atoms with Gasteiger partial charge in [-0.2, -0.15) is 0 Å². The van der Waals surface area contributed by atoms with Gasteiger partial charge in [0.15, 0.2) is 0 Å². The molecule has 1 aromatic rings. The molecule has 6 nitrogen and oxygen atoms in total. The summed E-state index contributed by atoms with van der Waals surface area (Å²) in [5.74, 6) is -0.330. The fraction of sp³-hybridized carbons (Fsp3) is 0.462. The third-order valence-electron chi connectivity index (χ3n) is 3.29. The number of carbonyl (C=O) groups excluding carboxylic acids is 1. The molecule has 1 amide bonds. The van der Waals surface area contributed by atoms with Gasteiger partial charge in [-0.05, 0) is 47.8 Å². The van der Waals surface area contributed by atoms with Crippen LogP contribution in [0.3, 0.4) is 0 Å². The maximum absolute atomic E-state index is 12.1. The lowest BCUT2D eigenvalue weighted by Crippen LogP contribution is -2.40. The van der Waals surface area contributed by atoms with E-state index in [2.05, 4.69) is 21.2 Å². The van der Waals surface area contributed by atoms with Crippen LogP contribution in [0.2, 0.25) is 0 Å². The molecule has 1 fully saturated rings. The molecule has 1 aromatic carbocycles. The number of nitro groups is 1.